The molecule has 0 aromatic heterocycles. The van der Waals surface area contributed by atoms with Gasteiger partial charge in [0.15, 0.2) is 9.84 Å². The molecule has 0 amide bonds. The Morgan fingerprint density at radius 1 is 0.667 bits per heavy atom. The van der Waals surface area contributed by atoms with Gasteiger partial charge in [0.2, 0.25) is 0 Å². The van der Waals surface area contributed by atoms with Gasteiger partial charge in [0.25, 0.3) is 0 Å². The molecule has 0 bridgehead atoms. The molecule has 0 aliphatic rings. The van der Waals surface area contributed by atoms with Gasteiger partial charge in [-0.2, -0.15) is 0 Å². The summed E-state index contributed by atoms with van der Waals surface area (Å²) in [5, 5.41) is 0. The van der Waals surface area contributed by atoms with Gasteiger partial charge in [-0.25, -0.2) is 8.42 Å². The van der Waals surface area contributed by atoms with Crippen LogP contribution in [0.5, 0.6) is 0 Å². The van der Waals surface area contributed by atoms with Gasteiger partial charge >= 0.3 is 0 Å². The van der Waals surface area contributed by atoms with E-state index in [1.54, 1.807) is 30.3 Å². The molecule has 0 N–H and O–H groups in total. The molecule has 3 aromatic rings. The van der Waals surface area contributed by atoms with Gasteiger partial charge in [-0.05, 0) is 28.8 Å². The minimum Gasteiger partial charge on any atom is -0.223 e. The zero-order chi connectivity index (χ0) is 16.8. The van der Waals surface area contributed by atoms with E-state index >= 15 is 0 Å². The highest BCUT2D eigenvalue weighted by atomic mass is 32.2. The van der Waals surface area contributed by atoms with Crippen LogP contribution in [0.3, 0.4) is 0 Å². The topological polar surface area (TPSA) is 34.1 Å². The summed E-state index contributed by atoms with van der Waals surface area (Å²) >= 11 is 0. The molecule has 0 radical (unpaired) electrons. The smallest absolute Gasteiger partial charge is 0.181 e. The molecule has 0 aliphatic heterocycles. The van der Waals surface area contributed by atoms with Crippen molar-refractivity contribution in [2.45, 2.75) is 4.90 Å². The van der Waals surface area contributed by atoms with E-state index in [0.29, 0.717) is 4.90 Å². The van der Waals surface area contributed by atoms with Crippen LogP contribution in [-0.2, 0) is 9.84 Å². The predicted octanol–water partition coefficient (Wildman–Crippen LogP) is 4.59. The van der Waals surface area contributed by atoms with Crippen molar-refractivity contribution in [3.63, 3.8) is 0 Å². The minimum absolute atomic E-state index is 0.0316. The van der Waals surface area contributed by atoms with Crippen LogP contribution in [-0.4, -0.2) is 14.2 Å². The zero-order valence-electron chi connectivity index (χ0n) is 13.2. The van der Waals surface area contributed by atoms with Gasteiger partial charge < -0.3 is 0 Å². The molecule has 0 saturated heterocycles. The highest BCUT2D eigenvalue weighted by molar-refractivity contribution is 7.91. The Labute approximate surface area is 143 Å². The average Bonchev–Trinajstić information content (AvgIpc) is 2.64. The van der Waals surface area contributed by atoms with Crippen LogP contribution in [0.2, 0.25) is 0 Å². The first-order chi connectivity index (χ1) is 11.7. The first-order valence-electron chi connectivity index (χ1n) is 7.76. The van der Waals surface area contributed by atoms with Crippen molar-refractivity contribution in [2.24, 2.45) is 0 Å². The molecule has 3 rings (SSSR count). The van der Waals surface area contributed by atoms with Crippen molar-refractivity contribution >= 4 is 15.4 Å². The molecular weight excluding hydrogens is 316 g/mol. The van der Waals surface area contributed by atoms with E-state index < -0.39 is 9.84 Å². The largest absolute Gasteiger partial charge is 0.223 e. The maximum Gasteiger partial charge on any atom is 0.181 e. The molecule has 2 nitrogen and oxygen atoms in total. The lowest BCUT2D eigenvalue weighted by molar-refractivity contribution is 0.599. The van der Waals surface area contributed by atoms with Crippen LogP contribution >= 0.6 is 0 Å². The number of hydrogen-bond acceptors (Lipinski definition) is 2. The number of benzene rings is 3. The third-order valence-electron chi connectivity index (χ3n) is 3.78. The van der Waals surface area contributed by atoms with Crippen LogP contribution in [0.25, 0.3) is 5.57 Å². The molecule has 3 heteroatoms. The van der Waals surface area contributed by atoms with Crippen molar-refractivity contribution in [3.05, 3.63) is 108 Å². The summed E-state index contributed by atoms with van der Waals surface area (Å²) in [7, 11) is -3.35. The average molecular weight is 334 g/mol. The Hall–Kier alpha value is -2.65. The van der Waals surface area contributed by atoms with Crippen molar-refractivity contribution in [1.29, 1.82) is 0 Å². The van der Waals surface area contributed by atoms with E-state index in [-0.39, 0.29) is 5.75 Å². The molecular formula is C21H18O2S. The second kappa shape index (κ2) is 7.28. The summed E-state index contributed by atoms with van der Waals surface area (Å²) in [4.78, 5) is 0.349. The Balaban J connectivity index is 1.99. The number of hydrogen-bond donors (Lipinski definition) is 0. The lowest BCUT2D eigenvalue weighted by Gasteiger charge is -2.09. The monoisotopic (exact) mass is 334 g/mol. The fraction of sp³-hybridized carbons (Fsp3) is 0.0476. The second-order valence-corrected chi connectivity index (χ2v) is 7.48. The van der Waals surface area contributed by atoms with Crippen molar-refractivity contribution in [1.82, 2.24) is 0 Å². The van der Waals surface area contributed by atoms with E-state index in [1.807, 2.05) is 66.7 Å². The summed E-state index contributed by atoms with van der Waals surface area (Å²) < 4.78 is 25.1. The van der Waals surface area contributed by atoms with E-state index in [2.05, 4.69) is 0 Å². The lowest BCUT2D eigenvalue weighted by atomic mass is 9.98. The van der Waals surface area contributed by atoms with Gasteiger partial charge in [0.1, 0.15) is 0 Å². The van der Waals surface area contributed by atoms with Gasteiger partial charge in [-0.15, -0.1) is 0 Å². The Morgan fingerprint density at radius 2 is 1.08 bits per heavy atom. The van der Waals surface area contributed by atoms with Crippen LogP contribution in [0.15, 0.2) is 102 Å². The normalized spacial score (nSPS) is 11.0. The SMILES string of the molecule is O=S(=O)(CC=C(c1ccccc1)c1ccccc1)c1ccccc1. The van der Waals surface area contributed by atoms with E-state index in [1.165, 1.54) is 0 Å². The molecule has 120 valence electrons. The Morgan fingerprint density at radius 3 is 1.54 bits per heavy atom. The van der Waals surface area contributed by atoms with Crippen LogP contribution in [0, 0.1) is 0 Å². The van der Waals surface area contributed by atoms with Gasteiger partial charge in [-0.1, -0.05) is 84.9 Å². The Bertz CT molecular complexity index is 872. The first kappa shape index (κ1) is 16.2. The van der Waals surface area contributed by atoms with Crippen LogP contribution in [0.4, 0.5) is 0 Å². The summed E-state index contributed by atoms with van der Waals surface area (Å²) in [6.45, 7) is 0. The zero-order valence-corrected chi connectivity index (χ0v) is 14.0. The molecule has 24 heavy (non-hydrogen) atoms. The Kier molecular flexibility index (Phi) is 4.92. The highest BCUT2D eigenvalue weighted by Gasteiger charge is 2.13. The highest BCUT2D eigenvalue weighted by Crippen LogP contribution is 2.24. The summed E-state index contributed by atoms with van der Waals surface area (Å²) in [6.07, 6.45) is 1.80. The molecule has 3 aromatic carbocycles. The number of rotatable bonds is 5. The summed E-state index contributed by atoms with van der Waals surface area (Å²) in [6, 6.07) is 28.3. The van der Waals surface area contributed by atoms with Crippen molar-refractivity contribution in [2.75, 3.05) is 5.75 Å². The van der Waals surface area contributed by atoms with Gasteiger partial charge in [-0.3, -0.25) is 0 Å². The molecule has 0 spiro atoms. The fourth-order valence-corrected chi connectivity index (χ4v) is 3.71. The third-order valence-corrected chi connectivity index (χ3v) is 5.37. The van der Waals surface area contributed by atoms with Crippen molar-refractivity contribution < 1.29 is 8.42 Å². The maximum atomic E-state index is 12.6. The van der Waals surface area contributed by atoms with Crippen LogP contribution < -0.4 is 0 Å². The van der Waals surface area contributed by atoms with E-state index in [9.17, 15) is 8.42 Å². The molecule has 0 heterocycles. The summed E-state index contributed by atoms with van der Waals surface area (Å²) in [5.74, 6) is -0.0316. The van der Waals surface area contributed by atoms with Gasteiger partial charge in [0, 0.05) is 0 Å². The lowest BCUT2D eigenvalue weighted by Crippen LogP contribution is -2.05. The fourth-order valence-electron chi connectivity index (χ4n) is 2.55. The second-order valence-electron chi connectivity index (χ2n) is 5.44. The van der Waals surface area contributed by atoms with Gasteiger partial charge in [0.05, 0.1) is 10.6 Å². The molecule has 0 unspecified atom stereocenters. The minimum atomic E-state index is -3.35. The first-order valence-corrected chi connectivity index (χ1v) is 9.41. The molecule has 0 saturated carbocycles. The standard InChI is InChI=1S/C21H18O2S/c22-24(23,20-14-8-3-9-15-20)17-16-21(18-10-4-1-5-11-18)19-12-6-2-7-13-19/h1-16H,17H2. The molecule has 0 fully saturated rings. The number of sulfone groups is 1. The van der Waals surface area contributed by atoms with Crippen molar-refractivity contribution in [3.8, 4) is 0 Å². The maximum absolute atomic E-state index is 12.6. The third kappa shape index (κ3) is 3.81. The predicted molar refractivity (Wildman–Crippen MR) is 98.5 cm³/mol. The van der Waals surface area contributed by atoms with E-state index in [4.69, 9.17) is 0 Å². The quantitative estimate of drug-likeness (QED) is 0.684. The van der Waals surface area contributed by atoms with E-state index in [0.717, 1.165) is 16.7 Å². The van der Waals surface area contributed by atoms with Crippen LogP contribution in [0.1, 0.15) is 11.1 Å². The summed E-state index contributed by atoms with van der Waals surface area (Å²) in [5.41, 5.74) is 2.94. The molecule has 0 atom stereocenters. The molecule has 0 aliphatic carbocycles.